The first-order chi connectivity index (χ1) is 8.08. The Bertz CT molecular complexity index is 391. The molecular formula is C13H21N3S. The van der Waals surface area contributed by atoms with Crippen molar-refractivity contribution in [1.82, 2.24) is 9.88 Å². The van der Waals surface area contributed by atoms with Crippen LogP contribution in [0.4, 0.5) is 5.13 Å². The predicted octanol–water partition coefficient (Wildman–Crippen LogP) is 2.02. The number of hydrogen-bond acceptors (Lipinski definition) is 4. The second-order valence-corrected chi connectivity index (χ2v) is 6.98. The van der Waals surface area contributed by atoms with Crippen LogP contribution in [0.3, 0.4) is 0 Å². The van der Waals surface area contributed by atoms with Crippen molar-refractivity contribution in [3.05, 3.63) is 10.6 Å². The Labute approximate surface area is 107 Å². The van der Waals surface area contributed by atoms with Gasteiger partial charge in [0.25, 0.3) is 0 Å². The van der Waals surface area contributed by atoms with E-state index in [2.05, 4.69) is 30.9 Å². The molecular weight excluding hydrogens is 230 g/mol. The van der Waals surface area contributed by atoms with E-state index in [-0.39, 0.29) is 0 Å². The number of thiazole rings is 1. The maximum atomic E-state index is 4.79. The van der Waals surface area contributed by atoms with E-state index in [1.165, 1.54) is 49.6 Å². The van der Waals surface area contributed by atoms with E-state index >= 15 is 0 Å². The molecule has 1 saturated heterocycles. The average molecular weight is 251 g/mol. The minimum Gasteiger partial charge on any atom is -0.354 e. The van der Waals surface area contributed by atoms with Crippen molar-refractivity contribution in [3.8, 4) is 0 Å². The van der Waals surface area contributed by atoms with E-state index in [9.17, 15) is 0 Å². The summed E-state index contributed by atoms with van der Waals surface area (Å²) in [6.07, 6.45) is 5.20. The van der Waals surface area contributed by atoms with Crippen LogP contribution in [-0.2, 0) is 12.8 Å². The summed E-state index contributed by atoms with van der Waals surface area (Å²) in [5, 5.41) is 1.18. The fraction of sp³-hybridized carbons (Fsp3) is 0.769. The number of fused-ring (bicyclic) bond motifs is 1. The molecule has 0 N–H and O–H groups in total. The number of anilines is 1. The lowest BCUT2D eigenvalue weighted by Crippen LogP contribution is -2.38. The van der Waals surface area contributed by atoms with Gasteiger partial charge in [0.05, 0.1) is 5.69 Å². The monoisotopic (exact) mass is 251 g/mol. The van der Waals surface area contributed by atoms with E-state index in [1.54, 1.807) is 4.88 Å². The molecule has 3 rings (SSSR count). The Morgan fingerprint density at radius 2 is 1.94 bits per heavy atom. The first kappa shape index (κ1) is 11.5. The van der Waals surface area contributed by atoms with Crippen LogP contribution in [0, 0.1) is 5.41 Å². The largest absolute Gasteiger partial charge is 0.354 e. The Hall–Kier alpha value is -0.610. The molecule has 94 valence electrons. The number of nitrogens with zero attached hydrogens (tertiary/aromatic N) is 3. The molecule has 1 aromatic rings. The third-order valence-corrected chi connectivity index (χ3v) is 5.54. The van der Waals surface area contributed by atoms with Gasteiger partial charge in [-0.15, -0.1) is 11.3 Å². The summed E-state index contributed by atoms with van der Waals surface area (Å²) < 4.78 is 0. The molecule has 0 atom stereocenters. The van der Waals surface area contributed by atoms with Gasteiger partial charge in [-0.25, -0.2) is 4.98 Å². The van der Waals surface area contributed by atoms with Gasteiger partial charge in [-0.3, -0.25) is 0 Å². The predicted molar refractivity (Wildman–Crippen MR) is 73.0 cm³/mol. The van der Waals surface area contributed by atoms with Crippen molar-refractivity contribution in [2.24, 2.45) is 5.41 Å². The smallest absolute Gasteiger partial charge is 0.185 e. The van der Waals surface area contributed by atoms with Crippen LogP contribution >= 0.6 is 11.3 Å². The van der Waals surface area contributed by atoms with Gasteiger partial charge >= 0.3 is 0 Å². The van der Waals surface area contributed by atoms with Gasteiger partial charge < -0.3 is 9.80 Å². The highest BCUT2D eigenvalue weighted by molar-refractivity contribution is 7.15. The Morgan fingerprint density at radius 3 is 2.53 bits per heavy atom. The lowest BCUT2D eigenvalue weighted by atomic mass is 9.76. The molecule has 0 aromatic carbocycles. The molecule has 0 bridgehead atoms. The van der Waals surface area contributed by atoms with Crippen LogP contribution in [0.15, 0.2) is 0 Å². The number of piperidine rings is 1. The Balaban J connectivity index is 1.77. The molecule has 17 heavy (non-hydrogen) atoms. The number of aromatic nitrogens is 1. The molecule has 1 aliphatic carbocycles. The number of rotatable bonds is 1. The molecule has 2 aliphatic rings. The van der Waals surface area contributed by atoms with Crippen LogP contribution in [0.25, 0.3) is 0 Å². The highest BCUT2D eigenvalue weighted by Crippen LogP contribution is 2.47. The fourth-order valence-corrected chi connectivity index (χ4v) is 4.21. The number of hydrogen-bond donors (Lipinski definition) is 0. The Kier molecular flexibility index (Phi) is 2.67. The molecule has 0 radical (unpaired) electrons. The lowest BCUT2D eigenvalue weighted by molar-refractivity contribution is 0.131. The normalized spacial score (nSPS) is 23.0. The van der Waals surface area contributed by atoms with Crippen LogP contribution in [0.5, 0.6) is 0 Å². The summed E-state index contributed by atoms with van der Waals surface area (Å²) in [6, 6.07) is 0. The van der Waals surface area contributed by atoms with Gasteiger partial charge in [-0.1, -0.05) is 0 Å². The molecule has 2 heterocycles. The van der Waals surface area contributed by atoms with Gasteiger partial charge in [-0.2, -0.15) is 0 Å². The average Bonchev–Trinajstić information content (AvgIpc) is 2.78. The highest BCUT2D eigenvalue weighted by atomic mass is 32.1. The first-order valence-electron chi connectivity index (χ1n) is 6.42. The molecule has 0 unspecified atom stereocenters. The third-order valence-electron chi connectivity index (χ3n) is 4.28. The maximum Gasteiger partial charge on any atom is 0.185 e. The molecule has 3 nitrogen and oxygen atoms in total. The van der Waals surface area contributed by atoms with Crippen LogP contribution in [-0.4, -0.2) is 44.1 Å². The lowest BCUT2D eigenvalue weighted by Gasteiger charge is -2.37. The summed E-state index contributed by atoms with van der Waals surface area (Å²) >= 11 is 1.90. The first-order valence-corrected chi connectivity index (χ1v) is 7.24. The minimum absolute atomic E-state index is 0.561. The molecule has 1 spiro atoms. The summed E-state index contributed by atoms with van der Waals surface area (Å²) in [6.45, 7) is 2.52. The van der Waals surface area contributed by atoms with E-state index in [0.29, 0.717) is 5.41 Å². The van der Waals surface area contributed by atoms with E-state index in [0.717, 1.165) is 0 Å². The van der Waals surface area contributed by atoms with Crippen molar-refractivity contribution in [3.63, 3.8) is 0 Å². The van der Waals surface area contributed by atoms with Gasteiger partial charge in [0, 0.05) is 19.0 Å². The summed E-state index contributed by atoms with van der Waals surface area (Å²) in [5.74, 6) is 0. The fourth-order valence-electron chi connectivity index (χ4n) is 3.04. The standard InChI is InChI=1S/C13H21N3S/c1-15(2)12-14-10-8-13(9-11(10)17-12)4-6-16(3)7-5-13/h4-9H2,1-3H3. The van der Waals surface area contributed by atoms with Crippen LogP contribution in [0.2, 0.25) is 0 Å². The van der Waals surface area contributed by atoms with Crippen molar-refractivity contribution in [1.29, 1.82) is 0 Å². The maximum absolute atomic E-state index is 4.79. The summed E-state index contributed by atoms with van der Waals surface area (Å²) in [5.41, 5.74) is 1.95. The van der Waals surface area contributed by atoms with Crippen molar-refractivity contribution < 1.29 is 0 Å². The molecule has 1 fully saturated rings. The molecule has 0 saturated carbocycles. The van der Waals surface area contributed by atoms with Gasteiger partial charge in [0.1, 0.15) is 0 Å². The second kappa shape index (κ2) is 3.95. The van der Waals surface area contributed by atoms with Crippen LogP contribution in [0.1, 0.15) is 23.4 Å². The molecule has 4 heteroatoms. The highest BCUT2D eigenvalue weighted by Gasteiger charge is 2.41. The summed E-state index contributed by atoms with van der Waals surface area (Å²) in [4.78, 5) is 10.9. The molecule has 1 aliphatic heterocycles. The van der Waals surface area contributed by atoms with E-state index < -0.39 is 0 Å². The SMILES string of the molecule is CN1CCC2(CC1)Cc1nc(N(C)C)sc1C2. The Morgan fingerprint density at radius 1 is 1.24 bits per heavy atom. The van der Waals surface area contributed by atoms with Crippen molar-refractivity contribution in [2.45, 2.75) is 25.7 Å². The van der Waals surface area contributed by atoms with Crippen molar-refractivity contribution in [2.75, 3.05) is 39.1 Å². The summed E-state index contributed by atoms with van der Waals surface area (Å²) in [7, 11) is 6.40. The minimum atomic E-state index is 0.561. The third kappa shape index (κ3) is 1.97. The van der Waals surface area contributed by atoms with Gasteiger partial charge in [0.15, 0.2) is 5.13 Å². The van der Waals surface area contributed by atoms with Crippen LogP contribution < -0.4 is 4.90 Å². The molecule has 0 amide bonds. The zero-order valence-corrected chi connectivity index (χ0v) is 11.8. The van der Waals surface area contributed by atoms with Gasteiger partial charge in [-0.05, 0) is 51.2 Å². The van der Waals surface area contributed by atoms with Gasteiger partial charge in [0.2, 0.25) is 0 Å². The quantitative estimate of drug-likeness (QED) is 0.761. The second-order valence-electron chi connectivity index (χ2n) is 5.92. The van der Waals surface area contributed by atoms with E-state index in [1.807, 2.05) is 11.3 Å². The number of likely N-dealkylation sites (tertiary alicyclic amines) is 1. The zero-order valence-electron chi connectivity index (χ0n) is 11.0. The van der Waals surface area contributed by atoms with Crippen molar-refractivity contribution >= 4 is 16.5 Å². The molecule has 1 aromatic heterocycles. The zero-order chi connectivity index (χ0) is 12.0. The van der Waals surface area contributed by atoms with E-state index in [4.69, 9.17) is 4.98 Å². The topological polar surface area (TPSA) is 19.4 Å².